The molecule has 29 nitrogen and oxygen atoms in total. The van der Waals surface area contributed by atoms with E-state index in [1.165, 1.54) is 19.1 Å². The van der Waals surface area contributed by atoms with Crippen molar-refractivity contribution >= 4 is 45.5 Å². The smallest absolute Gasteiger partial charge is 0.341 e. The van der Waals surface area contributed by atoms with Crippen molar-refractivity contribution in [1.82, 2.24) is 10.2 Å². The van der Waals surface area contributed by atoms with E-state index in [1.807, 2.05) is 6.92 Å². The number of aliphatic hydroxyl groups is 9. The number of esters is 1. The molecule has 24 atom stereocenters. The number of benzene rings is 3. The second-order valence-electron chi connectivity index (χ2n) is 29.0. The van der Waals surface area contributed by atoms with Crippen molar-refractivity contribution in [2.75, 3.05) is 32.8 Å². The van der Waals surface area contributed by atoms with Gasteiger partial charge >= 0.3 is 17.2 Å². The van der Waals surface area contributed by atoms with Gasteiger partial charge in [-0.15, -0.1) is 0 Å². The second kappa shape index (κ2) is 35.6. The Morgan fingerprint density at radius 2 is 1.17 bits per heavy atom. The van der Waals surface area contributed by atoms with Gasteiger partial charge in [0.05, 0.1) is 73.6 Å². The number of ether oxygens (including phenoxy) is 10. The first kappa shape index (κ1) is 78.0. The number of hydrogen-bond acceptors (Lipinski definition) is 27. The molecular formula is C76H98N2O27. The van der Waals surface area contributed by atoms with Crippen LogP contribution in [0.5, 0.6) is 0 Å². The van der Waals surface area contributed by atoms with E-state index in [0.717, 1.165) is 38.5 Å². The van der Waals surface area contributed by atoms with Crippen LogP contribution >= 0.6 is 0 Å². The average Bonchev–Trinajstić information content (AvgIpc) is 0.746. The summed E-state index contributed by atoms with van der Waals surface area (Å²) in [5.41, 5.74) is -0.498. The van der Waals surface area contributed by atoms with Crippen LogP contribution in [0.25, 0.3) is 21.9 Å². The highest BCUT2D eigenvalue weighted by atomic mass is 16.8. The number of carbonyl (C=O) groups excluding carboxylic acids is 4. The zero-order valence-electron chi connectivity index (χ0n) is 58.8. The summed E-state index contributed by atoms with van der Waals surface area (Å²) in [6.07, 6.45) is -25.2. The zero-order chi connectivity index (χ0) is 74.2. The van der Waals surface area contributed by atoms with Crippen molar-refractivity contribution in [3.05, 3.63) is 129 Å². The van der Waals surface area contributed by atoms with Gasteiger partial charge in [-0.25, -0.2) is 14.4 Å². The molecule has 0 spiro atoms. The summed E-state index contributed by atoms with van der Waals surface area (Å²) in [5.74, 6) is -4.20. The third-order valence-electron chi connectivity index (χ3n) is 21.9. The standard InChI is InChI=1S/C76H98N2O27/c1-3-41-29-45(32-54(65(41)105-74-63(87)62(86)58(82)39(2)96-74)101-76-68(104-71(91)42-18-8-5-9-19-42)67(61(85)57(36-80)103-76)97-55(70(90)78-26-15-27-78)28-40-16-6-4-7-17-40)49(81)22-14-25-77-69(89)46-33-52(94-37-47-30-43-20-10-12-23-50(43)98-72(47)92)59(83)53(34-46)100-75-64(88)66(60(84)56(35-79)102-75)95-38-48-31-44-21-11-13-24-51(44)99-73(48)93/h5,8-13,18-21,23-24,30-31,39-41,45-46,52-68,74-76,79-80,82-88H,3-4,6-7,14-17,22,25-29,32-38H2,1-2H3,(H,77,89)/t39?,41-,45?,46+,52?,53-,54-,55+,56?,57+,58-,59?,60+,61+,62+,63?,64?,65?,66-,67?,68?,74+,75-,76-/m1/s1. The van der Waals surface area contributed by atoms with Crippen molar-refractivity contribution in [3.63, 3.8) is 0 Å². The van der Waals surface area contributed by atoms with E-state index in [9.17, 15) is 74.7 Å². The number of amides is 2. The third-order valence-corrected chi connectivity index (χ3v) is 21.9. The first-order chi connectivity index (χ1) is 50.7. The summed E-state index contributed by atoms with van der Waals surface area (Å²) in [6.45, 7) is 1.91. The molecule has 574 valence electrons. The lowest BCUT2D eigenvalue weighted by Crippen LogP contribution is -2.64. The Labute approximate surface area is 605 Å². The summed E-state index contributed by atoms with van der Waals surface area (Å²) >= 11 is 0. The Balaban J connectivity index is 0.763. The van der Waals surface area contributed by atoms with Crippen LogP contribution in [0.15, 0.2) is 109 Å². The number of para-hydroxylation sites is 2. The van der Waals surface area contributed by atoms with Gasteiger partial charge in [-0.05, 0) is 100 Å². The molecule has 3 saturated carbocycles. The summed E-state index contributed by atoms with van der Waals surface area (Å²) in [5, 5.41) is 106. The molecule has 0 bridgehead atoms. The minimum absolute atomic E-state index is 0.0502. The number of Topliss-reactive ketones (excluding diaryl/α,β-unsaturated/α-hetero) is 1. The SMILES string of the molecule is CC[C@@H]1CC(C(=O)CCCNC(=O)[C@H]2CC(OCc3cc4ccccc4oc3=O)C(O)[C@H](O[C@@H]3OC(CO)[C@H](O)[C@@H](OCc4cc5ccccc5oc4=O)C3O)C2)C[C@@H](O[C@@H]2O[C@@H](CO)[C@H](O)C(O[C@@H](CC3CCCCC3)C(=O)N3CCC3)C2OC(=O)c2ccccc2)C1O[C@@H]1OC(C)[C@@H](O)[C@H](O)C1O. The molecule has 10 unspecified atom stereocenters. The van der Waals surface area contributed by atoms with Crippen LogP contribution in [0.1, 0.15) is 125 Å². The van der Waals surface area contributed by atoms with Gasteiger partial charge in [0.15, 0.2) is 25.0 Å². The highest BCUT2D eigenvalue weighted by Crippen LogP contribution is 2.42. The fraction of sp³-hybridized carbons (Fsp3) is 0.632. The summed E-state index contributed by atoms with van der Waals surface area (Å²) in [4.78, 5) is 86.0. The van der Waals surface area contributed by atoms with Crippen LogP contribution in [-0.2, 0) is 75.0 Å². The molecule has 29 heteroatoms. The monoisotopic (exact) mass is 1470 g/mol. The number of nitrogens with one attached hydrogen (secondary N) is 1. The van der Waals surface area contributed by atoms with Gasteiger partial charge in [0.1, 0.15) is 90.2 Å². The number of likely N-dealkylation sites (tertiary alicyclic amines) is 1. The molecule has 2 aromatic heterocycles. The normalized spacial score (nSPS) is 34.3. The summed E-state index contributed by atoms with van der Waals surface area (Å²) in [7, 11) is 0. The molecule has 5 aromatic rings. The summed E-state index contributed by atoms with van der Waals surface area (Å²) < 4.78 is 74.4. The fourth-order valence-corrected chi connectivity index (χ4v) is 15.7. The molecule has 105 heavy (non-hydrogen) atoms. The minimum Gasteiger partial charge on any atom is -0.450 e. The third kappa shape index (κ3) is 18.3. The molecule has 12 rings (SSSR count). The Morgan fingerprint density at radius 1 is 0.581 bits per heavy atom. The molecule has 3 aromatic carbocycles. The minimum atomic E-state index is -1.82. The Morgan fingerprint density at radius 3 is 1.81 bits per heavy atom. The van der Waals surface area contributed by atoms with Crippen LogP contribution in [0.3, 0.4) is 0 Å². The van der Waals surface area contributed by atoms with Gasteiger partial charge in [0.25, 0.3) is 5.91 Å². The van der Waals surface area contributed by atoms with E-state index in [2.05, 4.69) is 5.32 Å². The van der Waals surface area contributed by atoms with E-state index in [1.54, 1.807) is 83.8 Å². The number of fused-ring (bicyclic) bond motifs is 2. The lowest BCUT2D eigenvalue weighted by molar-refractivity contribution is -0.349. The Hall–Kier alpha value is -6.56. The van der Waals surface area contributed by atoms with E-state index in [4.69, 9.17) is 56.2 Å². The van der Waals surface area contributed by atoms with Crippen LogP contribution < -0.4 is 16.6 Å². The number of hydrogen-bond donors (Lipinski definition) is 10. The molecule has 3 aliphatic carbocycles. The van der Waals surface area contributed by atoms with Crippen LogP contribution in [0.4, 0.5) is 0 Å². The van der Waals surface area contributed by atoms with Crippen molar-refractivity contribution in [2.24, 2.45) is 23.7 Å². The number of carbonyl (C=O) groups is 4. The van der Waals surface area contributed by atoms with Gasteiger partial charge in [-0.3, -0.25) is 14.4 Å². The maximum absolute atomic E-state index is 14.9. The molecular weight excluding hydrogens is 1370 g/mol. The number of nitrogens with zero attached hydrogens (tertiary/aromatic N) is 1. The Kier molecular flexibility index (Phi) is 26.5. The van der Waals surface area contributed by atoms with Gasteiger partial charge in [0.2, 0.25) is 5.91 Å². The van der Waals surface area contributed by atoms with Crippen molar-refractivity contribution in [3.8, 4) is 0 Å². The first-order valence-electron chi connectivity index (χ1n) is 36.9. The number of aliphatic hydroxyl groups excluding tert-OH is 9. The molecule has 6 heterocycles. The van der Waals surface area contributed by atoms with E-state index < -0.39 is 189 Å². The average molecular weight is 1470 g/mol. The largest absolute Gasteiger partial charge is 0.450 e. The zero-order valence-corrected chi connectivity index (χ0v) is 58.8. The molecule has 7 fully saturated rings. The van der Waals surface area contributed by atoms with Gasteiger partial charge in [-0.2, -0.15) is 0 Å². The molecule has 2 amide bonds. The molecule has 7 aliphatic rings. The van der Waals surface area contributed by atoms with Gasteiger partial charge in [0, 0.05) is 48.7 Å². The number of rotatable bonds is 28. The second-order valence-corrected chi connectivity index (χ2v) is 29.0. The van der Waals surface area contributed by atoms with E-state index in [-0.39, 0.29) is 86.0 Å². The Bertz CT molecular complexity index is 3830. The highest BCUT2D eigenvalue weighted by Gasteiger charge is 2.55. The molecule has 0 radical (unpaired) electrons. The topological polar surface area (TPSA) is 418 Å². The predicted molar refractivity (Wildman–Crippen MR) is 368 cm³/mol. The molecule has 10 N–H and O–H groups in total. The fourth-order valence-electron chi connectivity index (χ4n) is 15.7. The van der Waals surface area contributed by atoms with Crippen molar-refractivity contribution < 1.29 is 121 Å². The predicted octanol–water partition coefficient (Wildman–Crippen LogP) is 2.72. The van der Waals surface area contributed by atoms with E-state index >= 15 is 0 Å². The molecule has 4 aliphatic heterocycles. The van der Waals surface area contributed by atoms with Crippen molar-refractivity contribution in [2.45, 2.75) is 246 Å². The quantitative estimate of drug-likeness (QED) is 0.0195. The lowest BCUT2D eigenvalue weighted by atomic mass is 9.74. The van der Waals surface area contributed by atoms with Crippen molar-refractivity contribution in [1.29, 1.82) is 0 Å². The van der Waals surface area contributed by atoms with Gasteiger partial charge < -0.3 is 112 Å². The highest BCUT2D eigenvalue weighted by molar-refractivity contribution is 5.89. The van der Waals surface area contributed by atoms with Crippen LogP contribution in [0, 0.1) is 23.7 Å². The maximum atomic E-state index is 14.9. The van der Waals surface area contributed by atoms with Crippen LogP contribution in [-0.4, -0.2) is 236 Å². The number of ketones is 1. The summed E-state index contributed by atoms with van der Waals surface area (Å²) in [6, 6.07) is 24.8. The first-order valence-corrected chi connectivity index (χ1v) is 36.9. The maximum Gasteiger partial charge on any atom is 0.341 e. The lowest BCUT2D eigenvalue weighted by Gasteiger charge is -2.49. The van der Waals surface area contributed by atoms with Crippen LogP contribution in [0.2, 0.25) is 0 Å². The van der Waals surface area contributed by atoms with E-state index in [0.29, 0.717) is 47.9 Å². The van der Waals surface area contributed by atoms with Gasteiger partial charge in [-0.1, -0.05) is 100 Å². The molecule has 4 saturated heterocycles.